The van der Waals surface area contributed by atoms with Crippen LogP contribution in [0.3, 0.4) is 0 Å². The summed E-state index contributed by atoms with van der Waals surface area (Å²) in [5.74, 6) is 2.02. The van der Waals surface area contributed by atoms with E-state index in [1.165, 1.54) is 18.4 Å². The minimum atomic E-state index is -0.199. The lowest BCUT2D eigenvalue weighted by molar-refractivity contribution is 0.0392. The lowest BCUT2D eigenvalue weighted by atomic mass is 9.64. The molecule has 0 unspecified atom stereocenters. The molecule has 0 heterocycles. The summed E-state index contributed by atoms with van der Waals surface area (Å²) in [5.41, 5.74) is 3.07. The van der Waals surface area contributed by atoms with Crippen molar-refractivity contribution >= 4 is 0 Å². The molecule has 2 aliphatic carbocycles. The van der Waals surface area contributed by atoms with Gasteiger partial charge in [-0.15, -0.1) is 0 Å². The van der Waals surface area contributed by atoms with Crippen molar-refractivity contribution in [1.82, 2.24) is 0 Å². The van der Waals surface area contributed by atoms with E-state index in [9.17, 15) is 5.11 Å². The maximum Gasteiger partial charge on any atom is 0.0806 e. The Labute approximate surface area is 99.9 Å². The quantitative estimate of drug-likeness (QED) is 0.669. The molecular weight excluding hydrogens is 196 g/mol. The van der Waals surface area contributed by atoms with Crippen molar-refractivity contribution in [3.8, 4) is 0 Å². The maximum absolute atomic E-state index is 10.5. The Bertz CT molecular complexity index is 311. The number of allylic oxidation sites excluding steroid dienone is 1. The van der Waals surface area contributed by atoms with Gasteiger partial charge in [0.05, 0.1) is 6.10 Å². The van der Waals surface area contributed by atoms with Crippen molar-refractivity contribution in [1.29, 1.82) is 0 Å². The molecule has 0 saturated heterocycles. The van der Waals surface area contributed by atoms with Gasteiger partial charge in [-0.05, 0) is 48.0 Å². The van der Waals surface area contributed by atoms with Crippen molar-refractivity contribution < 1.29 is 5.11 Å². The Kier molecular flexibility index (Phi) is 2.94. The zero-order valence-electron chi connectivity index (χ0n) is 11.4. The number of hydrogen-bond donors (Lipinski definition) is 1. The van der Waals surface area contributed by atoms with Crippen LogP contribution in [-0.4, -0.2) is 11.2 Å². The van der Waals surface area contributed by atoms with E-state index >= 15 is 0 Å². The molecule has 16 heavy (non-hydrogen) atoms. The second-order valence-electron chi connectivity index (χ2n) is 6.87. The van der Waals surface area contributed by atoms with Gasteiger partial charge in [0.15, 0.2) is 0 Å². The molecule has 0 aromatic carbocycles. The normalized spacial score (nSPS) is 38.1. The van der Waals surface area contributed by atoms with Gasteiger partial charge in [-0.3, -0.25) is 0 Å². The van der Waals surface area contributed by atoms with Gasteiger partial charge in [-0.2, -0.15) is 0 Å². The molecule has 92 valence electrons. The zero-order chi connectivity index (χ0) is 12.1. The topological polar surface area (TPSA) is 20.2 Å². The third-order valence-corrected chi connectivity index (χ3v) is 4.78. The highest BCUT2D eigenvalue weighted by Gasteiger charge is 2.45. The van der Waals surface area contributed by atoms with E-state index < -0.39 is 0 Å². The summed E-state index contributed by atoms with van der Waals surface area (Å²) >= 11 is 0. The fraction of sp³-hybridized carbons (Fsp3) is 0.867. The van der Waals surface area contributed by atoms with Crippen LogP contribution >= 0.6 is 0 Å². The largest absolute Gasteiger partial charge is 0.388 e. The van der Waals surface area contributed by atoms with E-state index in [0.717, 1.165) is 6.42 Å². The fourth-order valence-electron chi connectivity index (χ4n) is 3.69. The Hall–Kier alpha value is -0.300. The number of aliphatic hydroxyl groups is 1. The summed E-state index contributed by atoms with van der Waals surface area (Å²) < 4.78 is 0. The minimum Gasteiger partial charge on any atom is -0.388 e. The van der Waals surface area contributed by atoms with Crippen molar-refractivity contribution in [2.75, 3.05) is 0 Å². The predicted octanol–water partition coefficient (Wildman–Crippen LogP) is 3.78. The molecule has 0 aromatic heterocycles. The van der Waals surface area contributed by atoms with Crippen molar-refractivity contribution in [3.05, 3.63) is 11.1 Å². The summed E-state index contributed by atoms with van der Waals surface area (Å²) in [5, 5.41) is 10.5. The van der Waals surface area contributed by atoms with Crippen LogP contribution in [0.4, 0.5) is 0 Å². The third-order valence-electron chi connectivity index (χ3n) is 4.78. The highest BCUT2D eigenvalue weighted by Crippen LogP contribution is 2.52. The first kappa shape index (κ1) is 12.2. The standard InChI is InChI=1S/C15H26O/c1-9(2)12-8-15(4,5)14(16)13-10(3)6-7-11(12)13/h9-10,12,14,16H,6-8H2,1-5H3/t10-,12-,14-/m1/s1. The number of hydrogen-bond acceptors (Lipinski definition) is 1. The predicted molar refractivity (Wildman–Crippen MR) is 68.2 cm³/mol. The Morgan fingerprint density at radius 1 is 1.31 bits per heavy atom. The second-order valence-corrected chi connectivity index (χ2v) is 6.87. The second kappa shape index (κ2) is 3.87. The summed E-state index contributed by atoms with van der Waals surface area (Å²) in [4.78, 5) is 0. The van der Waals surface area contributed by atoms with Gasteiger partial charge in [0.25, 0.3) is 0 Å². The molecule has 0 radical (unpaired) electrons. The molecule has 0 saturated carbocycles. The molecule has 3 atom stereocenters. The van der Waals surface area contributed by atoms with Crippen LogP contribution in [0.15, 0.2) is 11.1 Å². The molecule has 1 N–H and O–H groups in total. The first-order chi connectivity index (χ1) is 7.34. The van der Waals surface area contributed by atoms with E-state index in [1.807, 2.05) is 0 Å². The van der Waals surface area contributed by atoms with Crippen LogP contribution in [-0.2, 0) is 0 Å². The summed E-state index contributed by atoms with van der Waals surface area (Å²) in [7, 11) is 0. The van der Waals surface area contributed by atoms with Crippen LogP contribution in [0, 0.1) is 23.2 Å². The summed E-state index contributed by atoms with van der Waals surface area (Å²) in [6, 6.07) is 0. The van der Waals surface area contributed by atoms with Gasteiger partial charge >= 0.3 is 0 Å². The molecule has 1 nitrogen and oxygen atoms in total. The SMILES string of the molecule is CC(C)[C@H]1CC(C)(C)[C@H](O)C2=C1CC[C@H]2C. The van der Waals surface area contributed by atoms with Gasteiger partial charge in [0.2, 0.25) is 0 Å². The van der Waals surface area contributed by atoms with E-state index in [0.29, 0.717) is 17.8 Å². The van der Waals surface area contributed by atoms with Crippen LogP contribution < -0.4 is 0 Å². The Morgan fingerprint density at radius 3 is 2.50 bits per heavy atom. The highest BCUT2D eigenvalue weighted by atomic mass is 16.3. The van der Waals surface area contributed by atoms with Crippen LogP contribution in [0.25, 0.3) is 0 Å². The van der Waals surface area contributed by atoms with E-state index in [1.54, 1.807) is 5.57 Å². The first-order valence-electron chi connectivity index (χ1n) is 6.75. The lowest BCUT2D eigenvalue weighted by Gasteiger charge is -2.43. The molecule has 1 heteroatoms. The molecule has 0 aromatic rings. The molecule has 0 bridgehead atoms. The zero-order valence-corrected chi connectivity index (χ0v) is 11.4. The molecule has 0 fully saturated rings. The van der Waals surface area contributed by atoms with Gasteiger partial charge in [0.1, 0.15) is 0 Å². The van der Waals surface area contributed by atoms with E-state index in [4.69, 9.17) is 0 Å². The van der Waals surface area contributed by atoms with Crippen molar-refractivity contribution in [2.24, 2.45) is 23.2 Å². The van der Waals surface area contributed by atoms with E-state index in [-0.39, 0.29) is 11.5 Å². The smallest absolute Gasteiger partial charge is 0.0806 e. The van der Waals surface area contributed by atoms with Gasteiger partial charge in [0, 0.05) is 0 Å². The van der Waals surface area contributed by atoms with Crippen molar-refractivity contribution in [3.63, 3.8) is 0 Å². The third kappa shape index (κ3) is 1.73. The van der Waals surface area contributed by atoms with E-state index in [2.05, 4.69) is 34.6 Å². The summed E-state index contributed by atoms with van der Waals surface area (Å²) in [6.45, 7) is 11.4. The molecule has 0 spiro atoms. The fourth-order valence-corrected chi connectivity index (χ4v) is 3.69. The average Bonchev–Trinajstić information content (AvgIpc) is 2.54. The number of rotatable bonds is 1. The van der Waals surface area contributed by atoms with Gasteiger partial charge in [-0.25, -0.2) is 0 Å². The van der Waals surface area contributed by atoms with Gasteiger partial charge < -0.3 is 5.11 Å². The Morgan fingerprint density at radius 2 is 1.94 bits per heavy atom. The lowest BCUT2D eigenvalue weighted by Crippen LogP contribution is -2.40. The van der Waals surface area contributed by atoms with Crippen LogP contribution in [0.5, 0.6) is 0 Å². The summed E-state index contributed by atoms with van der Waals surface area (Å²) in [6.07, 6.45) is 3.43. The molecular formula is C15H26O. The molecule has 0 aliphatic heterocycles. The first-order valence-corrected chi connectivity index (χ1v) is 6.75. The molecule has 2 aliphatic rings. The highest BCUT2D eigenvalue weighted by molar-refractivity contribution is 5.33. The average molecular weight is 222 g/mol. The minimum absolute atomic E-state index is 0.0619. The maximum atomic E-state index is 10.5. The van der Waals surface area contributed by atoms with Gasteiger partial charge in [-0.1, -0.05) is 40.2 Å². The number of aliphatic hydroxyl groups excluding tert-OH is 1. The monoisotopic (exact) mass is 222 g/mol. The van der Waals surface area contributed by atoms with Crippen molar-refractivity contribution in [2.45, 2.75) is 60.0 Å². The van der Waals surface area contributed by atoms with Crippen LogP contribution in [0.1, 0.15) is 53.9 Å². The Balaban J connectivity index is 2.42. The molecule has 2 rings (SSSR count). The van der Waals surface area contributed by atoms with Crippen LogP contribution in [0.2, 0.25) is 0 Å². The molecule has 0 amide bonds.